The molecule has 5 heteroatoms. The molecule has 0 amide bonds. The van der Waals surface area contributed by atoms with Gasteiger partial charge in [0.15, 0.2) is 0 Å². The highest BCUT2D eigenvalue weighted by Crippen LogP contribution is 2.44. The van der Waals surface area contributed by atoms with Gasteiger partial charge in [0.25, 0.3) is 0 Å². The number of carbonyl (C=O) groups excluding carboxylic acids is 1. The van der Waals surface area contributed by atoms with E-state index in [1.165, 1.54) is 6.92 Å². The topological polar surface area (TPSA) is 26.3 Å². The highest BCUT2D eigenvalue weighted by Gasteiger charge is 2.37. The molecular weight excluding hydrogens is 355 g/mol. The molecule has 2 aromatic carbocycles. The quantitative estimate of drug-likeness (QED) is 0.521. The zero-order valence-corrected chi connectivity index (χ0v) is 15.1. The highest BCUT2D eigenvalue weighted by molar-refractivity contribution is 6.66. The lowest BCUT2D eigenvalue weighted by atomic mass is 9.86. The van der Waals surface area contributed by atoms with Crippen LogP contribution in [0.2, 0.25) is 0 Å². The van der Waals surface area contributed by atoms with E-state index < -0.39 is 9.39 Å². The smallest absolute Gasteiger partial charge is 0.303 e. The normalized spacial score (nSPS) is 14.1. The molecule has 2 rings (SSSR count). The van der Waals surface area contributed by atoms with E-state index in [1.54, 1.807) is 12.1 Å². The van der Waals surface area contributed by atoms with Gasteiger partial charge in [-0.25, -0.2) is 0 Å². The summed E-state index contributed by atoms with van der Waals surface area (Å²) in [6.45, 7) is 3.21. The van der Waals surface area contributed by atoms with Gasteiger partial charge in [-0.2, -0.15) is 0 Å². The molecule has 0 saturated heterocycles. The molecule has 0 saturated carbocycles. The first-order chi connectivity index (χ1) is 10.7. The number of hydrogen-bond donors (Lipinski definition) is 0. The zero-order valence-electron chi connectivity index (χ0n) is 12.9. The fraction of sp³-hybridized carbons (Fsp3) is 0.278. The molecule has 122 valence electrons. The summed E-state index contributed by atoms with van der Waals surface area (Å²) < 4.78 is 4.05. The number of hydrogen-bond acceptors (Lipinski definition) is 2. The van der Waals surface area contributed by atoms with Gasteiger partial charge in [0.1, 0.15) is 5.60 Å². The number of carbonyl (C=O) groups is 1. The Labute approximate surface area is 151 Å². The summed E-state index contributed by atoms with van der Waals surface area (Å²) in [7, 11) is 0. The molecular formula is C18H17Cl3O2. The van der Waals surface area contributed by atoms with Crippen LogP contribution >= 0.6 is 34.8 Å². The van der Waals surface area contributed by atoms with Gasteiger partial charge in [-0.1, -0.05) is 89.4 Å². The van der Waals surface area contributed by atoms with Gasteiger partial charge in [-0.05, 0) is 12.5 Å². The minimum Gasteiger partial charge on any atom is -0.454 e. The molecule has 0 aliphatic heterocycles. The molecule has 0 heterocycles. The second kappa shape index (κ2) is 7.12. The molecule has 0 spiro atoms. The van der Waals surface area contributed by atoms with Crippen LogP contribution in [0.4, 0.5) is 0 Å². The Bertz CT molecular complexity index is 680. The average molecular weight is 372 g/mol. The summed E-state index contributed by atoms with van der Waals surface area (Å²) in [6.07, 6.45) is 0.477. The summed E-state index contributed by atoms with van der Waals surface area (Å²) in [5.74, 6) is -0.387. The molecule has 0 aliphatic rings. The van der Waals surface area contributed by atoms with Crippen molar-refractivity contribution in [1.29, 1.82) is 0 Å². The van der Waals surface area contributed by atoms with Crippen LogP contribution in [-0.4, -0.2) is 5.97 Å². The van der Waals surface area contributed by atoms with Crippen LogP contribution < -0.4 is 0 Å². The molecule has 23 heavy (non-hydrogen) atoms. The van der Waals surface area contributed by atoms with Crippen LogP contribution in [-0.2, 0) is 25.3 Å². The maximum Gasteiger partial charge on any atom is 0.303 e. The Morgan fingerprint density at radius 3 is 2.00 bits per heavy atom. The van der Waals surface area contributed by atoms with E-state index in [2.05, 4.69) is 0 Å². The van der Waals surface area contributed by atoms with Crippen LogP contribution in [0.5, 0.6) is 0 Å². The van der Waals surface area contributed by atoms with Gasteiger partial charge in [0.05, 0.1) is 0 Å². The predicted octanol–water partition coefficient (Wildman–Crippen LogP) is 5.53. The first-order valence-electron chi connectivity index (χ1n) is 7.12. The van der Waals surface area contributed by atoms with Crippen molar-refractivity contribution in [3.05, 3.63) is 71.3 Å². The highest BCUT2D eigenvalue weighted by atomic mass is 35.6. The number of ether oxygens (including phenoxy) is 1. The molecule has 1 unspecified atom stereocenters. The fourth-order valence-corrected chi connectivity index (χ4v) is 3.17. The van der Waals surface area contributed by atoms with E-state index in [0.717, 1.165) is 5.56 Å². The van der Waals surface area contributed by atoms with Crippen LogP contribution in [0.15, 0.2) is 54.6 Å². The molecule has 0 bridgehead atoms. The number of halogens is 3. The van der Waals surface area contributed by atoms with Gasteiger partial charge in [-0.3, -0.25) is 4.79 Å². The molecule has 0 N–H and O–H groups in total. The minimum absolute atomic E-state index is 0.387. The maximum atomic E-state index is 11.7. The van der Waals surface area contributed by atoms with Crippen LogP contribution in [0.25, 0.3) is 0 Å². The monoisotopic (exact) mass is 370 g/mol. The fourth-order valence-electron chi connectivity index (χ4n) is 2.68. The third-order valence-corrected chi connectivity index (χ3v) is 4.17. The van der Waals surface area contributed by atoms with Crippen LogP contribution in [0.1, 0.15) is 30.5 Å². The molecule has 0 radical (unpaired) electrons. The second-order valence-electron chi connectivity index (χ2n) is 5.53. The Morgan fingerprint density at radius 2 is 1.48 bits per heavy atom. The lowest BCUT2D eigenvalue weighted by Crippen LogP contribution is -2.33. The Hall–Kier alpha value is -1.22. The van der Waals surface area contributed by atoms with E-state index in [-0.39, 0.29) is 5.97 Å². The largest absolute Gasteiger partial charge is 0.454 e. The number of rotatable bonds is 4. The van der Waals surface area contributed by atoms with Gasteiger partial charge < -0.3 is 4.74 Å². The van der Waals surface area contributed by atoms with Crippen molar-refractivity contribution in [2.45, 2.75) is 29.7 Å². The van der Waals surface area contributed by atoms with Gasteiger partial charge >= 0.3 is 5.97 Å². The number of alkyl halides is 3. The molecule has 2 aromatic rings. The van der Waals surface area contributed by atoms with E-state index in [9.17, 15) is 4.79 Å². The van der Waals surface area contributed by atoms with E-state index >= 15 is 0 Å². The van der Waals surface area contributed by atoms with Crippen molar-refractivity contribution in [3.8, 4) is 0 Å². The van der Waals surface area contributed by atoms with E-state index in [4.69, 9.17) is 39.5 Å². The predicted molar refractivity (Wildman–Crippen MR) is 94.9 cm³/mol. The Kier molecular flexibility index (Phi) is 5.61. The Balaban J connectivity index is 2.53. The van der Waals surface area contributed by atoms with Gasteiger partial charge in [0, 0.05) is 24.5 Å². The molecule has 0 aromatic heterocycles. The molecule has 2 nitrogen and oxygen atoms in total. The van der Waals surface area contributed by atoms with Crippen molar-refractivity contribution >= 4 is 40.8 Å². The van der Waals surface area contributed by atoms with Crippen molar-refractivity contribution in [2.75, 3.05) is 0 Å². The first-order valence-corrected chi connectivity index (χ1v) is 8.26. The standard InChI is InChI=1S/C18H17Cl3O2/c1-13(22)23-17(2,12-14-8-4-3-5-9-14)15-10-6-7-11-16(15)18(19,20)21/h3-11H,12H2,1-2H3. The molecule has 0 fully saturated rings. The van der Waals surface area contributed by atoms with Crippen molar-refractivity contribution in [3.63, 3.8) is 0 Å². The van der Waals surface area contributed by atoms with Gasteiger partial charge in [0.2, 0.25) is 3.79 Å². The average Bonchev–Trinajstić information content (AvgIpc) is 2.46. The Morgan fingerprint density at radius 1 is 0.957 bits per heavy atom. The van der Waals surface area contributed by atoms with Crippen molar-refractivity contribution in [1.82, 2.24) is 0 Å². The van der Waals surface area contributed by atoms with Crippen molar-refractivity contribution in [2.24, 2.45) is 0 Å². The van der Waals surface area contributed by atoms with Crippen LogP contribution in [0.3, 0.4) is 0 Å². The van der Waals surface area contributed by atoms with E-state index in [0.29, 0.717) is 17.5 Å². The minimum atomic E-state index is -1.60. The van der Waals surface area contributed by atoms with E-state index in [1.807, 2.05) is 49.4 Å². The maximum absolute atomic E-state index is 11.7. The number of esters is 1. The molecule has 1 atom stereocenters. The van der Waals surface area contributed by atoms with Crippen molar-refractivity contribution < 1.29 is 9.53 Å². The summed E-state index contributed by atoms with van der Waals surface area (Å²) in [5, 5.41) is 0. The lowest BCUT2D eigenvalue weighted by molar-refractivity contribution is -0.156. The second-order valence-corrected chi connectivity index (χ2v) is 7.81. The van der Waals surface area contributed by atoms with Crippen LogP contribution in [0, 0.1) is 0 Å². The third kappa shape index (κ3) is 4.63. The summed E-state index contributed by atoms with van der Waals surface area (Å²) in [5.41, 5.74) is 1.27. The summed E-state index contributed by atoms with van der Waals surface area (Å²) in [4.78, 5) is 11.7. The number of benzene rings is 2. The van der Waals surface area contributed by atoms with Gasteiger partial charge in [-0.15, -0.1) is 0 Å². The zero-order chi connectivity index (χ0) is 17.1. The SMILES string of the molecule is CC(=O)OC(C)(Cc1ccccc1)c1ccccc1C(Cl)(Cl)Cl. The summed E-state index contributed by atoms with van der Waals surface area (Å²) >= 11 is 18.3. The summed E-state index contributed by atoms with van der Waals surface area (Å²) in [6, 6.07) is 16.9. The third-order valence-electron chi connectivity index (χ3n) is 3.56. The molecule has 0 aliphatic carbocycles. The first kappa shape index (κ1) is 18.1. The lowest BCUT2D eigenvalue weighted by Gasteiger charge is -2.33.